The van der Waals surface area contributed by atoms with Crippen LogP contribution in [0, 0.1) is 5.92 Å². The number of nitrogens with zero attached hydrogens (tertiary/aromatic N) is 6. The Morgan fingerprint density at radius 3 is 2.74 bits per heavy atom. The Labute approximate surface area is 225 Å². The first-order chi connectivity index (χ1) is 18.6. The van der Waals surface area contributed by atoms with Gasteiger partial charge in [-0.2, -0.15) is 18.6 Å². The molecule has 1 amide bonds. The van der Waals surface area contributed by atoms with Gasteiger partial charge in [0.15, 0.2) is 5.65 Å². The number of carbonyl (C=O) groups excluding carboxylic acids is 1. The van der Waals surface area contributed by atoms with E-state index in [2.05, 4.69) is 20.4 Å². The van der Waals surface area contributed by atoms with Crippen LogP contribution >= 0.6 is 0 Å². The number of carbonyl (C=O) groups is 1. The molecule has 210 valence electrons. The molecule has 3 fully saturated rings. The lowest BCUT2D eigenvalue weighted by Gasteiger charge is -2.28. The number of morpholine rings is 1. The van der Waals surface area contributed by atoms with E-state index in [9.17, 15) is 17.6 Å². The van der Waals surface area contributed by atoms with Crippen LogP contribution in [-0.4, -0.2) is 76.9 Å². The minimum Gasteiger partial charge on any atom is -0.374 e. The fraction of sp³-hybridized carbons (Fsp3) is 0.600. The first-order valence-corrected chi connectivity index (χ1v) is 15.1. The third-order valence-electron chi connectivity index (χ3n) is 7.89. The molecule has 39 heavy (non-hydrogen) atoms. The van der Waals surface area contributed by atoms with Crippen molar-refractivity contribution >= 4 is 33.2 Å². The first kappa shape index (κ1) is 26.1. The van der Waals surface area contributed by atoms with Gasteiger partial charge in [0.25, 0.3) is 16.0 Å². The smallest absolute Gasteiger partial charge is 0.264 e. The summed E-state index contributed by atoms with van der Waals surface area (Å²) in [6.07, 6.45) is 8.80. The number of rotatable bonds is 8. The topological polar surface area (TPSA) is 133 Å². The molecule has 2 saturated heterocycles. The van der Waals surface area contributed by atoms with Gasteiger partial charge in [0.2, 0.25) is 0 Å². The zero-order chi connectivity index (χ0) is 27.3. The maximum absolute atomic E-state index is 14.5. The van der Waals surface area contributed by atoms with E-state index in [1.165, 1.54) is 13.1 Å². The maximum atomic E-state index is 14.5. The second kappa shape index (κ2) is 10.1. The molecule has 12 nitrogen and oxygen atoms in total. The predicted octanol–water partition coefficient (Wildman–Crippen LogP) is 2.89. The number of aromatic nitrogens is 5. The van der Waals surface area contributed by atoms with E-state index >= 15 is 0 Å². The van der Waals surface area contributed by atoms with Crippen LogP contribution in [0.1, 0.15) is 67.3 Å². The number of anilines is 2. The number of hydrogen-bond acceptors (Lipinski definition) is 9. The molecule has 0 spiro atoms. The molecule has 1 aliphatic carbocycles. The standard InChI is InChI=1S/C25H32FN7O5S/c1-15(26)23-21(12-33(30-23)17-5-3-16(4-6-17)13-38-39(2,35)36)28-25(34)20-10-27-32-8-7-22(29-24(20)32)31-11-19-9-18(31)14-37-19/h7-8,10,12,15-19H,3-6,9,11,13-14H2,1-2H3,(H,28,34)/t15?,16-,17-,18-,19-/m1/s1. The van der Waals surface area contributed by atoms with E-state index in [1.54, 1.807) is 21.6 Å². The zero-order valence-corrected chi connectivity index (χ0v) is 22.7. The quantitative estimate of drug-likeness (QED) is 0.412. The first-order valence-electron chi connectivity index (χ1n) is 13.3. The molecule has 1 unspecified atom stereocenters. The fourth-order valence-electron chi connectivity index (χ4n) is 5.83. The molecule has 5 heterocycles. The highest BCUT2D eigenvalue weighted by Gasteiger charge is 2.39. The summed E-state index contributed by atoms with van der Waals surface area (Å²) in [5, 5.41) is 11.6. The van der Waals surface area contributed by atoms with Gasteiger partial charge in [0.05, 0.1) is 49.5 Å². The van der Waals surface area contributed by atoms with Gasteiger partial charge in [-0.15, -0.1) is 0 Å². The van der Waals surface area contributed by atoms with Crippen LogP contribution in [0.15, 0.2) is 24.7 Å². The van der Waals surface area contributed by atoms with Crippen LogP contribution in [0.4, 0.5) is 15.9 Å². The Balaban J connectivity index is 1.17. The summed E-state index contributed by atoms with van der Waals surface area (Å²) >= 11 is 0. The predicted molar refractivity (Wildman–Crippen MR) is 140 cm³/mol. The van der Waals surface area contributed by atoms with Crippen LogP contribution in [0.25, 0.3) is 5.65 Å². The van der Waals surface area contributed by atoms with Crippen molar-refractivity contribution < 1.29 is 26.5 Å². The minimum atomic E-state index is -3.47. The summed E-state index contributed by atoms with van der Waals surface area (Å²) in [6.45, 7) is 3.00. The van der Waals surface area contributed by atoms with Gasteiger partial charge in [0, 0.05) is 18.9 Å². The highest BCUT2D eigenvalue weighted by atomic mass is 32.2. The molecule has 3 aromatic heterocycles. The Bertz CT molecular complexity index is 1480. The number of nitrogens with one attached hydrogen (secondary N) is 1. The molecule has 1 N–H and O–H groups in total. The van der Waals surface area contributed by atoms with Crippen molar-refractivity contribution in [2.45, 2.75) is 63.4 Å². The molecule has 2 aliphatic heterocycles. The molecular weight excluding hydrogens is 529 g/mol. The highest BCUT2D eigenvalue weighted by Crippen LogP contribution is 2.35. The molecule has 3 aromatic rings. The SMILES string of the molecule is CC(F)c1nn([C@H]2CC[C@H](COS(C)(=O)=O)CC2)cc1NC(=O)c1cnn2ccc(N3C[C@H]4C[C@@H]3CO4)nc12. The van der Waals surface area contributed by atoms with Gasteiger partial charge in [-0.1, -0.05) is 0 Å². The Morgan fingerprint density at radius 2 is 2.08 bits per heavy atom. The number of halogens is 1. The third kappa shape index (κ3) is 5.37. The molecule has 14 heteroatoms. The number of amides is 1. The third-order valence-corrected chi connectivity index (χ3v) is 8.45. The Hall–Kier alpha value is -3.10. The minimum absolute atomic E-state index is 0.0172. The van der Waals surface area contributed by atoms with Crippen molar-refractivity contribution in [1.82, 2.24) is 24.4 Å². The summed E-state index contributed by atoms with van der Waals surface area (Å²) in [5.74, 6) is 0.474. The largest absolute Gasteiger partial charge is 0.374 e. The van der Waals surface area contributed by atoms with E-state index in [-0.39, 0.29) is 42.0 Å². The normalized spacial score (nSPS) is 25.9. The van der Waals surface area contributed by atoms with Crippen molar-refractivity contribution in [1.29, 1.82) is 0 Å². The molecule has 2 bridgehead atoms. The number of fused-ring (bicyclic) bond motifs is 3. The van der Waals surface area contributed by atoms with Crippen LogP contribution < -0.4 is 10.2 Å². The van der Waals surface area contributed by atoms with E-state index in [0.29, 0.717) is 17.9 Å². The molecule has 0 aromatic carbocycles. The second-order valence-electron chi connectivity index (χ2n) is 10.8. The Morgan fingerprint density at radius 1 is 1.28 bits per heavy atom. The molecule has 3 aliphatic rings. The molecule has 0 radical (unpaired) electrons. The van der Waals surface area contributed by atoms with Crippen molar-refractivity contribution in [3.05, 3.63) is 35.9 Å². The van der Waals surface area contributed by atoms with Crippen LogP contribution in [-0.2, 0) is 19.0 Å². The highest BCUT2D eigenvalue weighted by molar-refractivity contribution is 7.85. The zero-order valence-electron chi connectivity index (χ0n) is 21.9. The summed E-state index contributed by atoms with van der Waals surface area (Å²) in [6, 6.07) is 2.19. The molecule has 1 saturated carbocycles. The maximum Gasteiger partial charge on any atom is 0.264 e. The van der Waals surface area contributed by atoms with E-state index in [4.69, 9.17) is 13.9 Å². The molecule has 6 rings (SSSR count). The molecular formula is C25H32FN7O5S. The van der Waals surface area contributed by atoms with Crippen molar-refractivity contribution in [3.8, 4) is 0 Å². The van der Waals surface area contributed by atoms with Gasteiger partial charge < -0.3 is 15.0 Å². The van der Waals surface area contributed by atoms with Crippen molar-refractivity contribution in [3.63, 3.8) is 0 Å². The van der Waals surface area contributed by atoms with Gasteiger partial charge in [-0.3, -0.25) is 13.7 Å². The number of alkyl halides is 1. The fourth-order valence-corrected chi connectivity index (χ4v) is 6.27. The summed E-state index contributed by atoms with van der Waals surface area (Å²) in [7, 11) is -3.47. The van der Waals surface area contributed by atoms with Crippen LogP contribution in [0.3, 0.4) is 0 Å². The van der Waals surface area contributed by atoms with Crippen LogP contribution in [0.2, 0.25) is 0 Å². The van der Waals surface area contributed by atoms with Gasteiger partial charge >= 0.3 is 0 Å². The van der Waals surface area contributed by atoms with Gasteiger partial charge in [-0.25, -0.2) is 13.9 Å². The van der Waals surface area contributed by atoms with E-state index in [0.717, 1.165) is 50.7 Å². The van der Waals surface area contributed by atoms with E-state index in [1.807, 2.05) is 6.07 Å². The lowest BCUT2D eigenvalue weighted by Crippen LogP contribution is -2.37. The lowest BCUT2D eigenvalue weighted by atomic mass is 9.87. The average Bonchev–Trinajstić information content (AvgIpc) is 3.70. The van der Waals surface area contributed by atoms with E-state index < -0.39 is 22.2 Å². The average molecular weight is 562 g/mol. The number of ether oxygens (including phenoxy) is 1. The second-order valence-corrected chi connectivity index (χ2v) is 12.4. The van der Waals surface area contributed by atoms with Crippen molar-refractivity contribution in [2.24, 2.45) is 5.92 Å². The van der Waals surface area contributed by atoms with Crippen LogP contribution in [0.5, 0.6) is 0 Å². The van der Waals surface area contributed by atoms with Gasteiger partial charge in [-0.05, 0) is 51.0 Å². The summed E-state index contributed by atoms with van der Waals surface area (Å²) < 4.78 is 51.0. The Kier molecular flexibility index (Phi) is 6.79. The summed E-state index contributed by atoms with van der Waals surface area (Å²) in [5.41, 5.74) is 1.17. The summed E-state index contributed by atoms with van der Waals surface area (Å²) in [4.78, 5) is 20.3. The molecule has 3 atom stereocenters. The van der Waals surface area contributed by atoms with Gasteiger partial charge in [0.1, 0.15) is 23.2 Å². The lowest BCUT2D eigenvalue weighted by molar-refractivity contribution is 0.0988. The number of hydrogen-bond donors (Lipinski definition) is 1. The monoisotopic (exact) mass is 561 g/mol. The van der Waals surface area contributed by atoms with Crippen molar-refractivity contribution in [2.75, 3.05) is 36.2 Å².